The Hall–Kier alpha value is -1.21. The summed E-state index contributed by atoms with van der Waals surface area (Å²) in [5.41, 5.74) is -0.488. The molecule has 2 unspecified atom stereocenters. The Labute approximate surface area is 131 Å². The summed E-state index contributed by atoms with van der Waals surface area (Å²) in [6, 6.07) is 6.25. The Balaban J connectivity index is 1.95. The molecular weight excluding hydrogens is 306 g/mol. The zero-order valence-electron chi connectivity index (χ0n) is 11.7. The molecule has 2 N–H and O–H groups in total. The predicted molar refractivity (Wildman–Crippen MR) is 84.0 cm³/mol. The molecule has 1 aliphatic heterocycles. The molecule has 0 aliphatic carbocycles. The molecule has 3 heterocycles. The van der Waals surface area contributed by atoms with Crippen LogP contribution in [0.25, 0.3) is 0 Å². The van der Waals surface area contributed by atoms with Crippen molar-refractivity contribution in [3.05, 3.63) is 44.3 Å². The average molecular weight is 323 g/mol. The Morgan fingerprint density at radius 2 is 2.24 bits per heavy atom. The highest BCUT2D eigenvalue weighted by Gasteiger charge is 2.38. The molecule has 0 radical (unpaired) electrons. The van der Waals surface area contributed by atoms with Crippen molar-refractivity contribution in [1.82, 2.24) is 4.90 Å². The SMILES string of the molecule is CC(O)(CN1CCc2sccc2C1c1cccs1)C(=O)O. The van der Waals surface area contributed by atoms with Crippen LogP contribution >= 0.6 is 22.7 Å². The van der Waals surface area contributed by atoms with Gasteiger partial charge in [-0.1, -0.05) is 6.07 Å². The third-order valence-corrected chi connectivity index (χ3v) is 5.77. The molecule has 0 bridgehead atoms. The van der Waals surface area contributed by atoms with Crippen molar-refractivity contribution in [1.29, 1.82) is 0 Å². The maximum absolute atomic E-state index is 11.2. The molecule has 4 nitrogen and oxygen atoms in total. The monoisotopic (exact) mass is 323 g/mol. The molecule has 0 saturated heterocycles. The number of rotatable bonds is 4. The van der Waals surface area contributed by atoms with Crippen molar-refractivity contribution in [2.45, 2.75) is 25.0 Å². The van der Waals surface area contributed by atoms with Crippen molar-refractivity contribution in [3.63, 3.8) is 0 Å². The first-order valence-corrected chi connectivity index (χ1v) is 8.54. The standard InChI is InChI=1S/C15H17NO3S2/c1-15(19,14(17)18)9-16-6-4-11-10(5-8-21-11)13(16)12-3-2-7-20-12/h2-3,5,7-8,13,19H,4,6,9H2,1H3,(H,17,18). The zero-order chi connectivity index (χ0) is 15.0. The molecule has 2 aromatic heterocycles. The number of hydrogen-bond acceptors (Lipinski definition) is 5. The number of thiophene rings is 2. The molecule has 0 amide bonds. The fraction of sp³-hybridized carbons (Fsp3) is 0.400. The summed E-state index contributed by atoms with van der Waals surface area (Å²) in [6.07, 6.45) is 0.907. The van der Waals surface area contributed by atoms with Gasteiger partial charge in [0.2, 0.25) is 0 Å². The summed E-state index contributed by atoms with van der Waals surface area (Å²) >= 11 is 3.42. The van der Waals surface area contributed by atoms with Gasteiger partial charge in [0.05, 0.1) is 6.04 Å². The van der Waals surface area contributed by atoms with Gasteiger partial charge < -0.3 is 10.2 Å². The summed E-state index contributed by atoms with van der Waals surface area (Å²) < 4.78 is 0. The van der Waals surface area contributed by atoms with Crippen LogP contribution in [0.2, 0.25) is 0 Å². The first-order valence-electron chi connectivity index (χ1n) is 6.78. The summed E-state index contributed by atoms with van der Waals surface area (Å²) in [5.74, 6) is -1.18. The van der Waals surface area contributed by atoms with E-state index in [0.717, 1.165) is 13.0 Å². The van der Waals surface area contributed by atoms with Crippen LogP contribution in [0.15, 0.2) is 29.0 Å². The molecule has 21 heavy (non-hydrogen) atoms. The number of carbonyl (C=O) groups is 1. The number of β-amino-alcohol motifs (C(OH)–C–C–N with tert-alkyl or cyclic N) is 1. The topological polar surface area (TPSA) is 60.8 Å². The maximum atomic E-state index is 11.2. The van der Waals surface area contributed by atoms with Crippen LogP contribution in [0.4, 0.5) is 0 Å². The smallest absolute Gasteiger partial charge is 0.336 e. The van der Waals surface area contributed by atoms with E-state index in [-0.39, 0.29) is 12.6 Å². The van der Waals surface area contributed by atoms with Crippen LogP contribution in [0.1, 0.15) is 28.3 Å². The lowest BCUT2D eigenvalue weighted by atomic mass is 9.96. The van der Waals surface area contributed by atoms with Crippen LogP contribution < -0.4 is 0 Å². The van der Waals surface area contributed by atoms with E-state index >= 15 is 0 Å². The van der Waals surface area contributed by atoms with E-state index in [0.29, 0.717) is 0 Å². The Bertz CT molecular complexity index is 633. The highest BCUT2D eigenvalue weighted by molar-refractivity contribution is 7.10. The molecule has 0 aromatic carbocycles. The minimum absolute atomic E-state index is 0.0471. The van der Waals surface area contributed by atoms with E-state index in [2.05, 4.69) is 22.4 Å². The van der Waals surface area contributed by atoms with Gasteiger partial charge in [-0.2, -0.15) is 0 Å². The van der Waals surface area contributed by atoms with Gasteiger partial charge in [-0.05, 0) is 41.8 Å². The van der Waals surface area contributed by atoms with Crippen LogP contribution in [-0.2, 0) is 11.2 Å². The van der Waals surface area contributed by atoms with Gasteiger partial charge in [0.15, 0.2) is 5.60 Å². The molecule has 3 rings (SSSR count). The molecule has 112 valence electrons. The van der Waals surface area contributed by atoms with Crippen molar-refractivity contribution in [2.24, 2.45) is 0 Å². The largest absolute Gasteiger partial charge is 0.479 e. The number of hydrogen-bond donors (Lipinski definition) is 2. The molecule has 6 heteroatoms. The van der Waals surface area contributed by atoms with Gasteiger partial charge in [0.25, 0.3) is 0 Å². The molecule has 0 saturated carbocycles. The number of fused-ring (bicyclic) bond motifs is 1. The molecule has 0 spiro atoms. The molecule has 2 atom stereocenters. The normalized spacial score (nSPS) is 21.7. The quantitative estimate of drug-likeness (QED) is 0.908. The zero-order valence-corrected chi connectivity index (χ0v) is 13.3. The minimum atomic E-state index is -1.73. The lowest BCUT2D eigenvalue weighted by molar-refractivity contribution is -0.159. The van der Waals surface area contributed by atoms with E-state index in [1.165, 1.54) is 22.2 Å². The van der Waals surface area contributed by atoms with Gasteiger partial charge in [0, 0.05) is 22.8 Å². The second-order valence-electron chi connectivity index (χ2n) is 5.52. The van der Waals surface area contributed by atoms with Crippen molar-refractivity contribution >= 4 is 28.6 Å². The molecular formula is C15H17NO3S2. The van der Waals surface area contributed by atoms with Gasteiger partial charge in [-0.15, -0.1) is 22.7 Å². The second-order valence-corrected chi connectivity index (χ2v) is 7.50. The van der Waals surface area contributed by atoms with Gasteiger partial charge in [0.1, 0.15) is 0 Å². The number of carboxylic acids is 1. The highest BCUT2D eigenvalue weighted by Crippen LogP contribution is 2.39. The summed E-state index contributed by atoms with van der Waals surface area (Å²) in [7, 11) is 0. The van der Waals surface area contributed by atoms with Crippen molar-refractivity contribution < 1.29 is 15.0 Å². The third kappa shape index (κ3) is 2.76. The summed E-state index contributed by atoms with van der Waals surface area (Å²) in [4.78, 5) is 15.8. The third-order valence-electron chi connectivity index (χ3n) is 3.85. The van der Waals surface area contributed by atoms with Crippen LogP contribution in [0.3, 0.4) is 0 Å². The maximum Gasteiger partial charge on any atom is 0.336 e. The Morgan fingerprint density at radius 1 is 1.43 bits per heavy atom. The summed E-state index contributed by atoms with van der Waals surface area (Å²) in [6.45, 7) is 2.25. The second kappa shape index (κ2) is 5.53. The van der Waals surface area contributed by atoms with Crippen LogP contribution in [-0.4, -0.2) is 39.8 Å². The van der Waals surface area contributed by atoms with E-state index < -0.39 is 11.6 Å². The van der Waals surface area contributed by atoms with Gasteiger partial charge >= 0.3 is 5.97 Å². The first-order chi connectivity index (χ1) is 9.99. The van der Waals surface area contributed by atoms with Crippen LogP contribution in [0.5, 0.6) is 0 Å². The Kier molecular flexibility index (Phi) is 3.88. The number of aliphatic hydroxyl groups is 1. The fourth-order valence-corrected chi connectivity index (χ4v) is 4.56. The minimum Gasteiger partial charge on any atom is -0.479 e. The lowest BCUT2D eigenvalue weighted by Crippen LogP contribution is -2.49. The summed E-state index contributed by atoms with van der Waals surface area (Å²) in [5, 5.41) is 23.4. The molecule has 2 aromatic rings. The Morgan fingerprint density at radius 3 is 2.90 bits per heavy atom. The van der Waals surface area contributed by atoms with Gasteiger partial charge in [-0.25, -0.2) is 4.79 Å². The van der Waals surface area contributed by atoms with E-state index in [9.17, 15) is 15.0 Å². The van der Waals surface area contributed by atoms with Crippen LogP contribution in [0, 0.1) is 0 Å². The van der Waals surface area contributed by atoms with Crippen molar-refractivity contribution in [2.75, 3.05) is 13.1 Å². The lowest BCUT2D eigenvalue weighted by Gasteiger charge is -2.38. The highest BCUT2D eigenvalue weighted by atomic mass is 32.1. The average Bonchev–Trinajstić information content (AvgIpc) is 3.08. The molecule has 1 aliphatic rings. The first kappa shape index (κ1) is 14.7. The predicted octanol–water partition coefficient (Wildman–Crippen LogP) is 2.59. The van der Waals surface area contributed by atoms with E-state index in [4.69, 9.17) is 0 Å². The van der Waals surface area contributed by atoms with Crippen molar-refractivity contribution in [3.8, 4) is 0 Å². The van der Waals surface area contributed by atoms with E-state index in [1.807, 2.05) is 11.4 Å². The number of carboxylic acid groups (broad SMARTS) is 1. The fourth-order valence-electron chi connectivity index (χ4n) is 2.78. The number of nitrogens with zero attached hydrogens (tertiary/aromatic N) is 1. The van der Waals surface area contributed by atoms with Gasteiger partial charge in [-0.3, -0.25) is 4.90 Å². The number of aliphatic carboxylic acids is 1. The van der Waals surface area contributed by atoms with E-state index in [1.54, 1.807) is 22.7 Å². The molecule has 0 fully saturated rings.